The van der Waals surface area contributed by atoms with Crippen LogP contribution in [0.1, 0.15) is 36.5 Å². The molecule has 0 radical (unpaired) electrons. The molecule has 2 rings (SSSR count). The lowest BCUT2D eigenvalue weighted by Gasteiger charge is -2.11. The fraction of sp³-hybridized carbons (Fsp3) is 0.333. The predicted molar refractivity (Wildman–Crippen MR) is 77.4 cm³/mol. The third-order valence-corrected chi connectivity index (χ3v) is 3.38. The number of nitrogens with one attached hydrogen (secondary N) is 1. The Hall–Kier alpha value is -2.30. The summed E-state index contributed by atoms with van der Waals surface area (Å²) in [6.45, 7) is 5.92. The van der Waals surface area contributed by atoms with Crippen molar-refractivity contribution in [1.82, 2.24) is 9.55 Å². The molecule has 0 bridgehead atoms. The second-order valence-corrected chi connectivity index (χ2v) is 5.19. The van der Waals surface area contributed by atoms with Gasteiger partial charge in [0.1, 0.15) is 0 Å². The third-order valence-electron chi connectivity index (χ3n) is 3.38. The molecule has 106 valence electrons. The first kappa shape index (κ1) is 14.1. The summed E-state index contributed by atoms with van der Waals surface area (Å²) in [4.78, 5) is 25.3. The van der Waals surface area contributed by atoms with Crippen LogP contribution in [0.4, 0.5) is 0 Å². The Morgan fingerprint density at radius 1 is 1.20 bits per heavy atom. The fourth-order valence-corrected chi connectivity index (χ4v) is 2.00. The average Bonchev–Trinajstić information content (AvgIpc) is 2.42. The number of hydrogen-bond donors (Lipinski definition) is 2. The van der Waals surface area contributed by atoms with Crippen LogP contribution in [0.15, 0.2) is 33.9 Å². The summed E-state index contributed by atoms with van der Waals surface area (Å²) in [6.07, 6.45) is 0. The molecule has 2 aromatic rings. The standard InChI is InChI=1S/C15H18N2O3/c1-9(2)12-6-4-11(5-7-12)8-17-14(19)10(3)13(18)16-15(17)20/h4-7,9,19H,8H2,1-3H3,(H,16,18,20). The first-order valence-electron chi connectivity index (χ1n) is 6.51. The summed E-state index contributed by atoms with van der Waals surface area (Å²) >= 11 is 0. The van der Waals surface area contributed by atoms with E-state index in [2.05, 4.69) is 18.8 Å². The van der Waals surface area contributed by atoms with E-state index in [0.29, 0.717) is 5.92 Å². The van der Waals surface area contributed by atoms with E-state index in [9.17, 15) is 14.7 Å². The van der Waals surface area contributed by atoms with Gasteiger partial charge in [-0.05, 0) is 24.0 Å². The van der Waals surface area contributed by atoms with Crippen LogP contribution in [0, 0.1) is 6.92 Å². The van der Waals surface area contributed by atoms with Gasteiger partial charge in [0.15, 0.2) is 0 Å². The predicted octanol–water partition coefficient (Wildman–Crippen LogP) is 1.72. The van der Waals surface area contributed by atoms with Crippen molar-refractivity contribution < 1.29 is 5.11 Å². The van der Waals surface area contributed by atoms with E-state index >= 15 is 0 Å². The van der Waals surface area contributed by atoms with Crippen LogP contribution < -0.4 is 11.2 Å². The van der Waals surface area contributed by atoms with Gasteiger partial charge in [0, 0.05) is 0 Å². The van der Waals surface area contributed by atoms with Crippen molar-refractivity contribution in [2.75, 3.05) is 0 Å². The number of aromatic hydroxyl groups is 1. The molecule has 0 fully saturated rings. The molecule has 0 aliphatic carbocycles. The molecule has 20 heavy (non-hydrogen) atoms. The molecule has 0 saturated heterocycles. The minimum absolute atomic E-state index is 0.142. The van der Waals surface area contributed by atoms with Crippen LogP contribution in [0.25, 0.3) is 0 Å². The van der Waals surface area contributed by atoms with Crippen molar-refractivity contribution in [2.45, 2.75) is 33.2 Å². The van der Waals surface area contributed by atoms with E-state index in [-0.39, 0.29) is 18.0 Å². The lowest BCUT2D eigenvalue weighted by atomic mass is 10.0. The first-order chi connectivity index (χ1) is 9.40. The van der Waals surface area contributed by atoms with Gasteiger partial charge >= 0.3 is 5.69 Å². The van der Waals surface area contributed by atoms with Gasteiger partial charge in [0.05, 0.1) is 12.1 Å². The number of benzene rings is 1. The Bertz CT molecular complexity index is 724. The van der Waals surface area contributed by atoms with Gasteiger partial charge in [-0.25, -0.2) is 4.79 Å². The Morgan fingerprint density at radius 2 is 1.80 bits per heavy atom. The van der Waals surface area contributed by atoms with Crippen LogP contribution >= 0.6 is 0 Å². The molecule has 0 aliphatic heterocycles. The molecule has 0 aliphatic rings. The number of hydrogen-bond acceptors (Lipinski definition) is 3. The Balaban J connectivity index is 2.38. The summed E-state index contributed by atoms with van der Waals surface area (Å²) in [5.74, 6) is 0.155. The van der Waals surface area contributed by atoms with Gasteiger partial charge in [-0.1, -0.05) is 38.1 Å². The fourth-order valence-electron chi connectivity index (χ4n) is 2.00. The lowest BCUT2D eigenvalue weighted by Crippen LogP contribution is -2.31. The molecule has 1 aromatic heterocycles. The van der Waals surface area contributed by atoms with Crippen molar-refractivity contribution in [3.05, 3.63) is 61.8 Å². The maximum Gasteiger partial charge on any atom is 0.331 e. The SMILES string of the molecule is Cc1c(O)n(Cc2ccc(C(C)C)cc2)c(=O)[nH]c1=O. The summed E-state index contributed by atoms with van der Waals surface area (Å²) in [5, 5.41) is 9.91. The summed E-state index contributed by atoms with van der Waals surface area (Å²) in [6, 6.07) is 7.84. The van der Waals surface area contributed by atoms with Gasteiger partial charge in [-0.15, -0.1) is 0 Å². The molecule has 0 atom stereocenters. The molecular weight excluding hydrogens is 256 g/mol. The van der Waals surface area contributed by atoms with Gasteiger partial charge < -0.3 is 5.11 Å². The Morgan fingerprint density at radius 3 is 2.35 bits per heavy atom. The number of aromatic amines is 1. The van der Waals surface area contributed by atoms with Crippen LogP contribution in [0.5, 0.6) is 5.88 Å². The van der Waals surface area contributed by atoms with Gasteiger partial charge in [-0.2, -0.15) is 0 Å². The van der Waals surface area contributed by atoms with Gasteiger partial charge in [0.25, 0.3) is 5.56 Å². The summed E-state index contributed by atoms with van der Waals surface area (Å²) in [7, 11) is 0. The molecule has 0 saturated carbocycles. The van der Waals surface area contributed by atoms with E-state index < -0.39 is 11.2 Å². The maximum absolute atomic E-state index is 11.7. The molecule has 5 heteroatoms. The van der Waals surface area contributed by atoms with Crippen molar-refractivity contribution in [3.8, 4) is 5.88 Å². The third kappa shape index (κ3) is 2.66. The largest absolute Gasteiger partial charge is 0.494 e. The molecule has 0 unspecified atom stereocenters. The van der Waals surface area contributed by atoms with Crippen molar-refractivity contribution in [1.29, 1.82) is 0 Å². The molecule has 0 spiro atoms. The highest BCUT2D eigenvalue weighted by Gasteiger charge is 2.10. The first-order valence-corrected chi connectivity index (χ1v) is 6.51. The summed E-state index contributed by atoms with van der Waals surface area (Å²) in [5.41, 5.74) is 1.08. The highest BCUT2D eigenvalue weighted by molar-refractivity contribution is 5.27. The zero-order valence-electron chi connectivity index (χ0n) is 11.8. The number of H-pyrrole nitrogens is 1. The number of nitrogens with zero attached hydrogens (tertiary/aromatic N) is 1. The molecule has 2 N–H and O–H groups in total. The van der Waals surface area contributed by atoms with Gasteiger partial charge in [-0.3, -0.25) is 14.3 Å². The van der Waals surface area contributed by atoms with E-state index in [0.717, 1.165) is 10.1 Å². The Kier molecular flexibility index (Phi) is 3.79. The minimum Gasteiger partial charge on any atom is -0.494 e. The van der Waals surface area contributed by atoms with E-state index in [1.54, 1.807) is 0 Å². The van der Waals surface area contributed by atoms with E-state index in [4.69, 9.17) is 0 Å². The maximum atomic E-state index is 11.7. The quantitative estimate of drug-likeness (QED) is 0.895. The minimum atomic E-state index is -0.606. The molecule has 0 amide bonds. The second kappa shape index (κ2) is 5.36. The van der Waals surface area contributed by atoms with Gasteiger partial charge in [0.2, 0.25) is 5.88 Å². The molecular formula is C15H18N2O3. The van der Waals surface area contributed by atoms with Crippen molar-refractivity contribution >= 4 is 0 Å². The monoisotopic (exact) mass is 274 g/mol. The topological polar surface area (TPSA) is 75.1 Å². The average molecular weight is 274 g/mol. The van der Waals surface area contributed by atoms with E-state index in [1.807, 2.05) is 24.3 Å². The smallest absolute Gasteiger partial charge is 0.331 e. The Labute approximate surface area is 116 Å². The van der Waals surface area contributed by atoms with E-state index in [1.165, 1.54) is 12.5 Å². The van der Waals surface area contributed by atoms with Crippen molar-refractivity contribution in [2.24, 2.45) is 0 Å². The highest BCUT2D eigenvalue weighted by atomic mass is 16.3. The van der Waals surface area contributed by atoms with Crippen LogP contribution in [-0.4, -0.2) is 14.7 Å². The molecule has 1 aromatic carbocycles. The van der Waals surface area contributed by atoms with Crippen LogP contribution in [0.2, 0.25) is 0 Å². The summed E-state index contributed by atoms with van der Waals surface area (Å²) < 4.78 is 1.15. The normalized spacial score (nSPS) is 11.0. The van der Waals surface area contributed by atoms with Crippen LogP contribution in [0.3, 0.4) is 0 Å². The number of aromatic nitrogens is 2. The zero-order chi connectivity index (χ0) is 14.9. The molecule has 5 nitrogen and oxygen atoms in total. The molecule has 1 heterocycles. The van der Waals surface area contributed by atoms with Crippen molar-refractivity contribution in [3.63, 3.8) is 0 Å². The van der Waals surface area contributed by atoms with Crippen LogP contribution in [-0.2, 0) is 6.54 Å². The number of rotatable bonds is 3. The zero-order valence-corrected chi connectivity index (χ0v) is 11.8. The lowest BCUT2D eigenvalue weighted by molar-refractivity contribution is 0.404. The highest BCUT2D eigenvalue weighted by Crippen LogP contribution is 2.16. The second-order valence-electron chi connectivity index (χ2n) is 5.19.